The van der Waals surface area contributed by atoms with Crippen LogP contribution in [-0.2, 0) is 6.54 Å². The number of rotatable bonds is 2. The van der Waals surface area contributed by atoms with Gasteiger partial charge in [0.15, 0.2) is 5.88 Å². The molecule has 20 heavy (non-hydrogen) atoms. The van der Waals surface area contributed by atoms with Crippen molar-refractivity contribution in [1.29, 1.82) is 0 Å². The lowest BCUT2D eigenvalue weighted by Crippen LogP contribution is -1.99. The van der Waals surface area contributed by atoms with Crippen LogP contribution in [-0.4, -0.2) is 9.67 Å². The second-order valence-corrected chi connectivity index (χ2v) is 5.77. The van der Waals surface area contributed by atoms with Gasteiger partial charge in [0.25, 0.3) is 0 Å². The molecule has 0 spiro atoms. The van der Waals surface area contributed by atoms with E-state index in [1.54, 1.807) is 22.8 Å². The summed E-state index contributed by atoms with van der Waals surface area (Å²) in [6.45, 7) is 2.25. The molecule has 0 aliphatic heterocycles. The van der Waals surface area contributed by atoms with Gasteiger partial charge in [-0.2, -0.15) is 0 Å². The summed E-state index contributed by atoms with van der Waals surface area (Å²) in [5.41, 5.74) is 1.54. The van der Waals surface area contributed by atoms with E-state index in [0.717, 1.165) is 20.8 Å². The topological polar surface area (TPSA) is 25.2 Å². The van der Waals surface area contributed by atoms with Crippen LogP contribution in [0.4, 0.5) is 4.39 Å². The van der Waals surface area contributed by atoms with Gasteiger partial charge in [-0.25, -0.2) is 4.39 Å². The van der Waals surface area contributed by atoms with E-state index in [9.17, 15) is 9.50 Å². The Kier molecular flexibility index (Phi) is 3.26. The van der Waals surface area contributed by atoms with Crippen molar-refractivity contribution in [2.24, 2.45) is 0 Å². The Bertz CT molecular complexity index is 795. The normalized spacial score (nSPS) is 11.2. The maximum Gasteiger partial charge on any atom is 0.199 e. The van der Waals surface area contributed by atoms with Gasteiger partial charge in [-0.1, -0.05) is 34.1 Å². The van der Waals surface area contributed by atoms with Crippen LogP contribution < -0.4 is 0 Å². The molecule has 0 saturated heterocycles. The number of aromatic nitrogens is 1. The molecule has 0 saturated carbocycles. The van der Waals surface area contributed by atoms with Crippen molar-refractivity contribution in [3.63, 3.8) is 0 Å². The molecule has 4 heteroatoms. The van der Waals surface area contributed by atoms with Crippen LogP contribution in [0.3, 0.4) is 0 Å². The zero-order chi connectivity index (χ0) is 14.3. The molecule has 0 aliphatic rings. The standard InChI is InChI=1S/C16H13BrFNO/c1-10-6-13(17)7-12-9-19(16(20)15(10)12)8-11-4-2-3-5-14(11)18/h2-7,9,20H,8H2,1H3. The van der Waals surface area contributed by atoms with Crippen molar-refractivity contribution in [3.05, 3.63) is 64.0 Å². The molecule has 0 amide bonds. The smallest absolute Gasteiger partial charge is 0.199 e. The quantitative estimate of drug-likeness (QED) is 0.728. The minimum Gasteiger partial charge on any atom is -0.494 e. The Hall–Kier alpha value is -1.81. The third kappa shape index (κ3) is 2.20. The van der Waals surface area contributed by atoms with E-state index in [4.69, 9.17) is 0 Å². The summed E-state index contributed by atoms with van der Waals surface area (Å²) in [5, 5.41) is 12.1. The zero-order valence-electron chi connectivity index (χ0n) is 10.9. The second-order valence-electron chi connectivity index (χ2n) is 4.86. The maximum atomic E-state index is 13.7. The first kappa shape index (κ1) is 13.2. The highest BCUT2D eigenvalue weighted by Crippen LogP contribution is 2.33. The van der Waals surface area contributed by atoms with Gasteiger partial charge in [-0.3, -0.25) is 0 Å². The van der Waals surface area contributed by atoms with Gasteiger partial charge in [0, 0.05) is 27.0 Å². The molecule has 0 atom stereocenters. The number of hydrogen-bond acceptors (Lipinski definition) is 1. The fraction of sp³-hybridized carbons (Fsp3) is 0.125. The lowest BCUT2D eigenvalue weighted by Gasteiger charge is -2.06. The van der Waals surface area contributed by atoms with E-state index < -0.39 is 0 Å². The van der Waals surface area contributed by atoms with Crippen LogP contribution in [0.1, 0.15) is 11.1 Å². The Labute approximate surface area is 124 Å². The molecule has 1 heterocycles. The van der Waals surface area contributed by atoms with Gasteiger partial charge in [0.1, 0.15) is 5.82 Å². The molecule has 102 valence electrons. The number of nitrogens with zero attached hydrogens (tertiary/aromatic N) is 1. The molecule has 2 aromatic carbocycles. The number of aryl methyl sites for hydroxylation is 1. The van der Waals surface area contributed by atoms with E-state index in [-0.39, 0.29) is 11.7 Å². The summed E-state index contributed by atoms with van der Waals surface area (Å²) in [6.07, 6.45) is 1.84. The van der Waals surface area contributed by atoms with Crippen molar-refractivity contribution < 1.29 is 9.50 Å². The minimum absolute atomic E-state index is 0.174. The number of hydrogen-bond donors (Lipinski definition) is 1. The van der Waals surface area contributed by atoms with Gasteiger partial charge in [-0.05, 0) is 30.7 Å². The summed E-state index contributed by atoms with van der Waals surface area (Å²) in [4.78, 5) is 0. The molecule has 2 nitrogen and oxygen atoms in total. The van der Waals surface area contributed by atoms with E-state index >= 15 is 0 Å². The summed E-state index contributed by atoms with van der Waals surface area (Å²) in [5.74, 6) is -0.0872. The molecule has 0 radical (unpaired) electrons. The van der Waals surface area contributed by atoms with Gasteiger partial charge in [0.05, 0.1) is 6.54 Å². The molecule has 3 aromatic rings. The molecule has 1 aromatic heterocycles. The van der Waals surface area contributed by atoms with Crippen LogP contribution in [0.15, 0.2) is 47.1 Å². The van der Waals surface area contributed by atoms with Crippen LogP contribution in [0.5, 0.6) is 5.88 Å². The van der Waals surface area contributed by atoms with Gasteiger partial charge >= 0.3 is 0 Å². The number of aromatic hydroxyl groups is 1. The largest absolute Gasteiger partial charge is 0.494 e. The zero-order valence-corrected chi connectivity index (χ0v) is 12.5. The average molecular weight is 334 g/mol. The number of halogens is 2. The van der Waals surface area contributed by atoms with Crippen LogP contribution in [0.25, 0.3) is 10.8 Å². The highest BCUT2D eigenvalue weighted by atomic mass is 79.9. The molecule has 1 N–H and O–H groups in total. The Morgan fingerprint density at radius 1 is 1.25 bits per heavy atom. The summed E-state index contributed by atoms with van der Waals surface area (Å²) in [7, 11) is 0. The van der Waals surface area contributed by atoms with Crippen molar-refractivity contribution in [2.75, 3.05) is 0 Å². The SMILES string of the molecule is Cc1cc(Br)cc2cn(Cc3ccccc3F)c(O)c12. The van der Waals surface area contributed by atoms with E-state index in [0.29, 0.717) is 12.1 Å². The van der Waals surface area contributed by atoms with E-state index in [2.05, 4.69) is 15.9 Å². The molecule has 0 bridgehead atoms. The summed E-state index contributed by atoms with van der Waals surface area (Å²) in [6, 6.07) is 10.5. The first-order valence-electron chi connectivity index (χ1n) is 6.27. The second kappa shape index (κ2) is 4.94. The summed E-state index contributed by atoms with van der Waals surface area (Å²) >= 11 is 3.44. The Balaban J connectivity index is 2.11. The highest BCUT2D eigenvalue weighted by Gasteiger charge is 2.12. The molecular weight excluding hydrogens is 321 g/mol. The van der Waals surface area contributed by atoms with Gasteiger partial charge in [0.2, 0.25) is 0 Å². The maximum absolute atomic E-state index is 13.7. The average Bonchev–Trinajstić information content (AvgIpc) is 2.69. The summed E-state index contributed by atoms with van der Waals surface area (Å²) < 4.78 is 16.3. The van der Waals surface area contributed by atoms with Crippen molar-refractivity contribution >= 4 is 26.7 Å². The fourth-order valence-corrected chi connectivity index (χ4v) is 3.07. The fourth-order valence-electron chi connectivity index (χ4n) is 2.48. The third-order valence-electron chi connectivity index (χ3n) is 3.42. The van der Waals surface area contributed by atoms with Crippen molar-refractivity contribution in [3.8, 4) is 5.88 Å². The van der Waals surface area contributed by atoms with Crippen LogP contribution in [0.2, 0.25) is 0 Å². The predicted molar refractivity (Wildman–Crippen MR) is 81.5 cm³/mol. The molecule has 3 rings (SSSR count). The van der Waals surface area contributed by atoms with Gasteiger partial charge in [-0.15, -0.1) is 0 Å². The first-order valence-corrected chi connectivity index (χ1v) is 7.07. The molecule has 0 aliphatic carbocycles. The molecule has 0 fully saturated rings. The lowest BCUT2D eigenvalue weighted by atomic mass is 10.1. The van der Waals surface area contributed by atoms with Gasteiger partial charge < -0.3 is 9.67 Å². The molecular formula is C16H13BrFNO. The van der Waals surface area contributed by atoms with Crippen molar-refractivity contribution in [1.82, 2.24) is 4.57 Å². The monoisotopic (exact) mass is 333 g/mol. The van der Waals surface area contributed by atoms with Crippen LogP contribution >= 0.6 is 15.9 Å². The predicted octanol–water partition coefficient (Wildman–Crippen LogP) is 4.61. The third-order valence-corrected chi connectivity index (χ3v) is 3.88. The first-order chi connectivity index (χ1) is 9.56. The number of benzene rings is 2. The van der Waals surface area contributed by atoms with E-state index in [1.807, 2.05) is 25.3 Å². The van der Waals surface area contributed by atoms with Crippen molar-refractivity contribution in [2.45, 2.75) is 13.5 Å². The lowest BCUT2D eigenvalue weighted by molar-refractivity contribution is 0.428. The Morgan fingerprint density at radius 3 is 2.75 bits per heavy atom. The Morgan fingerprint density at radius 2 is 2.00 bits per heavy atom. The molecule has 0 unspecified atom stereocenters. The minimum atomic E-state index is -0.262. The highest BCUT2D eigenvalue weighted by molar-refractivity contribution is 9.10. The number of fused-ring (bicyclic) bond motifs is 1. The van der Waals surface area contributed by atoms with Crippen LogP contribution in [0, 0.1) is 12.7 Å². The van der Waals surface area contributed by atoms with E-state index in [1.165, 1.54) is 6.07 Å².